The number of halogens is 3. The number of benzene rings is 2. The van der Waals surface area contributed by atoms with Gasteiger partial charge in [0.2, 0.25) is 0 Å². The van der Waals surface area contributed by atoms with E-state index in [1.807, 2.05) is 0 Å². The Kier molecular flexibility index (Phi) is 4.11. The summed E-state index contributed by atoms with van der Waals surface area (Å²) in [5.41, 5.74) is -0.333. The Morgan fingerprint density at radius 3 is 2.36 bits per heavy atom. The minimum absolute atomic E-state index is 0.178. The molecular weight excluding hydrogens is 371 g/mol. The van der Waals surface area contributed by atoms with Crippen LogP contribution in [0.2, 0.25) is 0 Å². The Hall–Kier alpha value is -3.68. The number of fused-ring (bicyclic) bond motifs is 1. The molecule has 1 N–H and O–H groups in total. The third-order valence-electron chi connectivity index (χ3n) is 4.34. The summed E-state index contributed by atoms with van der Waals surface area (Å²) in [4.78, 5) is 20.3. The first-order valence-corrected chi connectivity index (χ1v) is 8.20. The molecule has 2 aromatic carbocycles. The number of aromatic hydroxyl groups is 1. The van der Waals surface area contributed by atoms with E-state index in [9.17, 15) is 23.1 Å². The molecule has 5 nitrogen and oxygen atoms in total. The Morgan fingerprint density at radius 2 is 1.68 bits per heavy atom. The van der Waals surface area contributed by atoms with Crippen LogP contribution >= 0.6 is 0 Å². The second-order valence-electron chi connectivity index (χ2n) is 6.15. The van der Waals surface area contributed by atoms with Gasteiger partial charge in [0.1, 0.15) is 23.1 Å². The average molecular weight is 383 g/mol. The van der Waals surface area contributed by atoms with Crippen LogP contribution in [-0.4, -0.2) is 19.6 Å². The molecule has 0 amide bonds. The predicted octanol–water partition coefficient (Wildman–Crippen LogP) is 3.88. The highest BCUT2D eigenvalue weighted by Gasteiger charge is 2.20. The quantitative estimate of drug-likeness (QED) is 0.571. The molecule has 0 radical (unpaired) electrons. The van der Waals surface area contributed by atoms with Crippen molar-refractivity contribution in [2.75, 3.05) is 0 Å². The van der Waals surface area contributed by atoms with Gasteiger partial charge in [0, 0.05) is 17.0 Å². The van der Waals surface area contributed by atoms with Crippen molar-refractivity contribution in [2.45, 2.75) is 6.92 Å². The van der Waals surface area contributed by atoms with Crippen LogP contribution in [-0.2, 0) is 0 Å². The number of hydrogen-bond acceptors (Lipinski definition) is 4. The summed E-state index contributed by atoms with van der Waals surface area (Å²) >= 11 is 0. The van der Waals surface area contributed by atoms with Crippen LogP contribution in [0.3, 0.4) is 0 Å². The van der Waals surface area contributed by atoms with Crippen LogP contribution in [0.25, 0.3) is 28.0 Å². The van der Waals surface area contributed by atoms with Gasteiger partial charge in [-0.3, -0.25) is 9.36 Å². The first kappa shape index (κ1) is 17.7. The van der Waals surface area contributed by atoms with Crippen LogP contribution < -0.4 is 5.56 Å². The lowest BCUT2D eigenvalue weighted by Crippen LogP contribution is -2.21. The van der Waals surface area contributed by atoms with Crippen molar-refractivity contribution < 1.29 is 18.3 Å². The van der Waals surface area contributed by atoms with Crippen LogP contribution in [0, 0.1) is 24.4 Å². The van der Waals surface area contributed by atoms with E-state index in [4.69, 9.17) is 0 Å². The number of aryl methyl sites for hydroxylation is 1. The van der Waals surface area contributed by atoms with E-state index in [0.717, 1.165) is 22.8 Å². The number of hydrogen-bond donors (Lipinski definition) is 1. The molecule has 2 heterocycles. The van der Waals surface area contributed by atoms with E-state index < -0.39 is 34.7 Å². The van der Waals surface area contributed by atoms with Crippen molar-refractivity contribution in [1.82, 2.24) is 14.5 Å². The lowest BCUT2D eigenvalue weighted by molar-refractivity contribution is 0.433. The van der Waals surface area contributed by atoms with Gasteiger partial charge >= 0.3 is 6.01 Å². The summed E-state index contributed by atoms with van der Waals surface area (Å²) in [5.74, 6) is -2.38. The second kappa shape index (κ2) is 6.49. The molecule has 0 aliphatic carbocycles. The van der Waals surface area contributed by atoms with E-state index in [1.54, 1.807) is 6.92 Å². The molecule has 4 aromatic rings. The second-order valence-corrected chi connectivity index (χ2v) is 6.15. The molecule has 4 rings (SSSR count). The molecule has 28 heavy (non-hydrogen) atoms. The molecule has 0 bridgehead atoms. The number of aromatic nitrogens is 3. The summed E-state index contributed by atoms with van der Waals surface area (Å²) in [6, 6.07) is 8.98. The average Bonchev–Trinajstić information content (AvgIpc) is 2.62. The standard InChI is InChI=1S/C20H12F3N3O2/c1-10-9-11(21)5-6-12(10)17-13-7-8-16(27)26(19(13)25-20(28)24-17)18-14(22)3-2-4-15(18)23/h2-9H,1H3,(H,24,25,28). The van der Waals surface area contributed by atoms with Gasteiger partial charge in [-0.05, 0) is 48.9 Å². The number of para-hydroxylation sites is 1. The molecule has 0 spiro atoms. The van der Waals surface area contributed by atoms with Crippen LogP contribution in [0.15, 0.2) is 53.3 Å². The van der Waals surface area contributed by atoms with Crippen molar-refractivity contribution in [3.8, 4) is 23.0 Å². The molecule has 8 heteroatoms. The van der Waals surface area contributed by atoms with Crippen molar-refractivity contribution >= 4 is 11.0 Å². The number of pyridine rings is 1. The minimum atomic E-state index is -0.966. The highest BCUT2D eigenvalue weighted by atomic mass is 19.1. The first-order valence-electron chi connectivity index (χ1n) is 8.20. The summed E-state index contributed by atoms with van der Waals surface area (Å²) in [7, 11) is 0. The summed E-state index contributed by atoms with van der Waals surface area (Å²) in [6.07, 6.45) is 0. The molecule has 0 aliphatic heterocycles. The summed E-state index contributed by atoms with van der Waals surface area (Å²) in [5, 5.41) is 10.3. The molecular formula is C20H12F3N3O2. The van der Waals surface area contributed by atoms with Gasteiger partial charge in [-0.1, -0.05) is 6.07 Å². The Morgan fingerprint density at radius 1 is 0.964 bits per heavy atom. The zero-order valence-corrected chi connectivity index (χ0v) is 14.4. The van der Waals surface area contributed by atoms with Gasteiger partial charge in [-0.2, -0.15) is 9.97 Å². The third kappa shape index (κ3) is 2.79. The molecule has 0 atom stereocenters. The van der Waals surface area contributed by atoms with E-state index >= 15 is 0 Å². The maximum atomic E-state index is 14.3. The minimum Gasteiger partial charge on any atom is -0.479 e. The van der Waals surface area contributed by atoms with Crippen molar-refractivity contribution in [1.29, 1.82) is 0 Å². The highest BCUT2D eigenvalue weighted by molar-refractivity contribution is 5.92. The molecule has 0 saturated heterocycles. The van der Waals surface area contributed by atoms with Crippen molar-refractivity contribution in [3.05, 3.63) is 81.9 Å². The summed E-state index contributed by atoms with van der Waals surface area (Å²) in [6.45, 7) is 1.65. The zero-order chi connectivity index (χ0) is 20.0. The van der Waals surface area contributed by atoms with Gasteiger partial charge in [-0.15, -0.1) is 0 Å². The van der Waals surface area contributed by atoms with E-state index in [1.165, 1.54) is 30.3 Å². The normalized spacial score (nSPS) is 11.1. The van der Waals surface area contributed by atoms with Gasteiger partial charge in [0.25, 0.3) is 5.56 Å². The lowest BCUT2D eigenvalue weighted by Gasteiger charge is -2.14. The Bertz CT molecular complexity index is 1280. The van der Waals surface area contributed by atoms with Gasteiger partial charge in [0.15, 0.2) is 5.65 Å². The summed E-state index contributed by atoms with van der Waals surface area (Å²) < 4.78 is 42.9. The zero-order valence-electron chi connectivity index (χ0n) is 14.4. The van der Waals surface area contributed by atoms with Crippen molar-refractivity contribution in [3.63, 3.8) is 0 Å². The molecule has 2 aromatic heterocycles. The van der Waals surface area contributed by atoms with Crippen LogP contribution in [0.1, 0.15) is 5.56 Å². The largest absolute Gasteiger partial charge is 0.479 e. The van der Waals surface area contributed by atoms with E-state index in [0.29, 0.717) is 11.1 Å². The molecule has 0 saturated carbocycles. The predicted molar refractivity (Wildman–Crippen MR) is 96.8 cm³/mol. The lowest BCUT2D eigenvalue weighted by atomic mass is 10.0. The van der Waals surface area contributed by atoms with Gasteiger partial charge < -0.3 is 5.11 Å². The number of rotatable bonds is 2. The monoisotopic (exact) mass is 383 g/mol. The molecule has 140 valence electrons. The Balaban J connectivity index is 2.14. The fourth-order valence-corrected chi connectivity index (χ4v) is 3.12. The van der Waals surface area contributed by atoms with Gasteiger partial charge in [-0.25, -0.2) is 13.2 Å². The molecule has 0 unspecified atom stereocenters. The van der Waals surface area contributed by atoms with Crippen LogP contribution in [0.5, 0.6) is 6.01 Å². The fraction of sp³-hybridized carbons (Fsp3) is 0.0500. The highest BCUT2D eigenvalue weighted by Crippen LogP contribution is 2.31. The maximum Gasteiger partial charge on any atom is 0.316 e. The van der Waals surface area contributed by atoms with E-state index in [2.05, 4.69) is 9.97 Å². The SMILES string of the molecule is Cc1cc(F)ccc1-c1nc(O)nc2c1ccc(=O)n2-c1c(F)cccc1F. The fourth-order valence-electron chi connectivity index (χ4n) is 3.12. The van der Waals surface area contributed by atoms with Crippen LogP contribution in [0.4, 0.5) is 13.2 Å². The third-order valence-corrected chi connectivity index (χ3v) is 4.34. The Labute approximate surface area is 156 Å². The first-order chi connectivity index (χ1) is 13.4. The van der Waals surface area contributed by atoms with Crippen molar-refractivity contribution in [2.24, 2.45) is 0 Å². The number of nitrogens with zero attached hydrogens (tertiary/aromatic N) is 3. The van der Waals surface area contributed by atoms with E-state index in [-0.39, 0.29) is 16.7 Å². The smallest absolute Gasteiger partial charge is 0.316 e. The molecule has 0 fully saturated rings. The van der Waals surface area contributed by atoms with Gasteiger partial charge in [0.05, 0.1) is 5.69 Å². The maximum absolute atomic E-state index is 14.3. The molecule has 0 aliphatic rings. The topological polar surface area (TPSA) is 68.0 Å².